The summed E-state index contributed by atoms with van der Waals surface area (Å²) in [6.07, 6.45) is 11.1. The zero-order valence-electron chi connectivity index (χ0n) is 12.6. The van der Waals surface area contributed by atoms with Crippen LogP contribution in [0.2, 0.25) is 0 Å². The Kier molecular flexibility index (Phi) is 3.57. The molecule has 3 aliphatic rings. The van der Waals surface area contributed by atoms with E-state index in [2.05, 4.69) is 10.4 Å². The molecule has 0 radical (unpaired) electrons. The van der Waals surface area contributed by atoms with Gasteiger partial charge in [0.15, 0.2) is 0 Å². The third-order valence-electron chi connectivity index (χ3n) is 5.46. The van der Waals surface area contributed by atoms with E-state index in [1.165, 1.54) is 44.9 Å². The van der Waals surface area contributed by atoms with Gasteiger partial charge in [-0.1, -0.05) is 6.42 Å². The second kappa shape index (κ2) is 5.56. The molecule has 0 amide bonds. The molecule has 3 saturated carbocycles. The highest BCUT2D eigenvalue weighted by molar-refractivity contribution is 5.13. The Bertz CT molecular complexity index is 551. The Morgan fingerprint density at radius 3 is 2.29 bits per heavy atom. The minimum absolute atomic E-state index is 0.0785. The van der Waals surface area contributed by atoms with Crippen LogP contribution in [0, 0.1) is 0 Å². The van der Waals surface area contributed by atoms with Crippen LogP contribution in [0.25, 0.3) is 0 Å². The van der Waals surface area contributed by atoms with Crippen LogP contribution in [-0.4, -0.2) is 21.9 Å². The fraction of sp³-hybridized carbons (Fsp3) is 0.765. The van der Waals surface area contributed by atoms with Gasteiger partial charge in [-0.15, -0.1) is 0 Å². The lowest BCUT2D eigenvalue weighted by molar-refractivity contribution is 0.225. The average Bonchev–Trinajstić information content (AvgIpc) is 3.29. The van der Waals surface area contributed by atoms with Crippen LogP contribution in [-0.2, 0) is 0 Å². The Labute approximate surface area is 125 Å². The number of nitrogens with zero attached hydrogens (tertiary/aromatic N) is 2. The maximum Gasteiger partial charge on any atom is 0.267 e. The summed E-state index contributed by atoms with van der Waals surface area (Å²) in [6, 6.07) is 5.40. The molecule has 0 spiro atoms. The summed E-state index contributed by atoms with van der Waals surface area (Å²) in [7, 11) is 0. The average molecular weight is 287 g/mol. The molecule has 0 aliphatic heterocycles. The Morgan fingerprint density at radius 2 is 1.67 bits per heavy atom. The van der Waals surface area contributed by atoms with Gasteiger partial charge in [0.25, 0.3) is 5.56 Å². The van der Waals surface area contributed by atoms with Crippen molar-refractivity contribution in [3.63, 3.8) is 0 Å². The van der Waals surface area contributed by atoms with Crippen LogP contribution in [0.3, 0.4) is 0 Å². The van der Waals surface area contributed by atoms with Gasteiger partial charge in [-0.25, -0.2) is 4.68 Å². The summed E-state index contributed by atoms with van der Waals surface area (Å²) < 4.78 is 1.78. The van der Waals surface area contributed by atoms with E-state index in [0.29, 0.717) is 18.0 Å². The fourth-order valence-electron chi connectivity index (χ4n) is 3.69. The number of rotatable bonds is 4. The van der Waals surface area contributed by atoms with E-state index in [-0.39, 0.29) is 5.56 Å². The fourth-order valence-corrected chi connectivity index (χ4v) is 3.69. The van der Waals surface area contributed by atoms with Crippen LogP contribution in [0.4, 0.5) is 0 Å². The summed E-state index contributed by atoms with van der Waals surface area (Å²) in [4.78, 5) is 12.1. The highest BCUT2D eigenvalue weighted by Crippen LogP contribution is 2.38. The SMILES string of the molecule is O=c1ccc(C2CC2)nn1C1CCC(NC2CCC2)CC1. The number of hydrogen-bond acceptors (Lipinski definition) is 3. The van der Waals surface area contributed by atoms with Gasteiger partial charge in [-0.2, -0.15) is 5.10 Å². The van der Waals surface area contributed by atoms with Gasteiger partial charge in [-0.3, -0.25) is 4.79 Å². The zero-order valence-corrected chi connectivity index (χ0v) is 12.6. The summed E-state index contributed by atoms with van der Waals surface area (Å²) in [5.74, 6) is 0.619. The van der Waals surface area contributed by atoms with Gasteiger partial charge in [0.2, 0.25) is 0 Å². The number of aromatic nitrogens is 2. The van der Waals surface area contributed by atoms with E-state index < -0.39 is 0 Å². The second-order valence-electron chi connectivity index (χ2n) is 7.12. The molecule has 0 bridgehead atoms. The van der Waals surface area contributed by atoms with E-state index >= 15 is 0 Å². The van der Waals surface area contributed by atoms with Gasteiger partial charge in [0.05, 0.1) is 11.7 Å². The van der Waals surface area contributed by atoms with E-state index in [0.717, 1.165) is 24.6 Å². The van der Waals surface area contributed by atoms with Crippen LogP contribution in [0.1, 0.15) is 75.4 Å². The summed E-state index contributed by atoms with van der Waals surface area (Å²) in [5, 5.41) is 8.43. The largest absolute Gasteiger partial charge is 0.311 e. The molecule has 1 aromatic rings. The molecular weight excluding hydrogens is 262 g/mol. The lowest BCUT2D eigenvalue weighted by atomic mass is 9.87. The maximum atomic E-state index is 12.1. The topological polar surface area (TPSA) is 46.9 Å². The minimum Gasteiger partial charge on any atom is -0.311 e. The maximum absolute atomic E-state index is 12.1. The summed E-state index contributed by atoms with van der Waals surface area (Å²) >= 11 is 0. The first kappa shape index (κ1) is 13.5. The van der Waals surface area contributed by atoms with Crippen LogP contribution in [0.5, 0.6) is 0 Å². The van der Waals surface area contributed by atoms with E-state index in [4.69, 9.17) is 0 Å². The van der Waals surface area contributed by atoms with Crippen molar-refractivity contribution in [3.8, 4) is 0 Å². The molecule has 4 rings (SSSR count). The molecule has 4 heteroatoms. The molecule has 1 heterocycles. The summed E-state index contributed by atoms with van der Waals surface area (Å²) in [5.41, 5.74) is 1.21. The van der Waals surface area contributed by atoms with Crippen molar-refractivity contribution >= 4 is 0 Å². The molecule has 3 aliphatic carbocycles. The molecule has 0 atom stereocenters. The van der Waals surface area contributed by atoms with Gasteiger partial charge in [-0.05, 0) is 57.4 Å². The first-order valence-corrected chi connectivity index (χ1v) is 8.65. The quantitative estimate of drug-likeness (QED) is 0.926. The normalized spacial score (nSPS) is 30.1. The standard InChI is InChI=1S/C17H25N3O/c21-17-11-10-16(12-4-5-12)19-20(17)15-8-6-14(7-9-15)18-13-2-1-3-13/h10-15,18H,1-9H2. The first-order chi connectivity index (χ1) is 10.3. The number of nitrogens with one attached hydrogen (secondary N) is 1. The Morgan fingerprint density at radius 1 is 0.952 bits per heavy atom. The second-order valence-corrected chi connectivity index (χ2v) is 7.12. The van der Waals surface area contributed by atoms with E-state index in [9.17, 15) is 4.79 Å². The molecule has 0 aromatic carbocycles. The van der Waals surface area contributed by atoms with Gasteiger partial charge in [0.1, 0.15) is 0 Å². The van der Waals surface area contributed by atoms with E-state index in [1.54, 1.807) is 10.7 Å². The highest BCUT2D eigenvalue weighted by Gasteiger charge is 2.29. The first-order valence-electron chi connectivity index (χ1n) is 8.65. The van der Waals surface area contributed by atoms with Crippen LogP contribution in [0.15, 0.2) is 16.9 Å². The molecule has 1 N–H and O–H groups in total. The summed E-state index contributed by atoms with van der Waals surface area (Å²) in [6.45, 7) is 0. The van der Waals surface area contributed by atoms with Gasteiger partial charge >= 0.3 is 0 Å². The third-order valence-corrected chi connectivity index (χ3v) is 5.46. The monoisotopic (exact) mass is 287 g/mol. The van der Waals surface area contributed by atoms with Gasteiger partial charge in [0, 0.05) is 24.1 Å². The van der Waals surface area contributed by atoms with Gasteiger partial charge < -0.3 is 5.32 Å². The predicted molar refractivity (Wildman–Crippen MR) is 82.5 cm³/mol. The number of hydrogen-bond donors (Lipinski definition) is 1. The van der Waals surface area contributed by atoms with Crippen molar-refractivity contribution in [2.24, 2.45) is 0 Å². The van der Waals surface area contributed by atoms with Crippen LogP contribution >= 0.6 is 0 Å². The van der Waals surface area contributed by atoms with Crippen molar-refractivity contribution in [2.75, 3.05) is 0 Å². The van der Waals surface area contributed by atoms with Crippen molar-refractivity contribution in [3.05, 3.63) is 28.2 Å². The molecule has 114 valence electrons. The molecule has 21 heavy (non-hydrogen) atoms. The zero-order chi connectivity index (χ0) is 14.2. The van der Waals surface area contributed by atoms with Crippen molar-refractivity contribution < 1.29 is 0 Å². The predicted octanol–water partition coefficient (Wildman–Crippen LogP) is 2.75. The van der Waals surface area contributed by atoms with Crippen molar-refractivity contribution in [1.29, 1.82) is 0 Å². The Balaban J connectivity index is 1.40. The lowest BCUT2D eigenvalue weighted by Gasteiger charge is -2.35. The lowest BCUT2D eigenvalue weighted by Crippen LogP contribution is -2.44. The van der Waals surface area contributed by atoms with Crippen molar-refractivity contribution in [1.82, 2.24) is 15.1 Å². The molecule has 4 nitrogen and oxygen atoms in total. The van der Waals surface area contributed by atoms with Crippen molar-refractivity contribution in [2.45, 2.75) is 81.8 Å². The smallest absolute Gasteiger partial charge is 0.267 e. The third kappa shape index (κ3) is 2.91. The minimum atomic E-state index is 0.0785. The highest BCUT2D eigenvalue weighted by atomic mass is 16.1. The molecule has 1 aromatic heterocycles. The molecular formula is C17H25N3O. The molecule has 0 unspecified atom stereocenters. The molecule has 0 saturated heterocycles. The van der Waals surface area contributed by atoms with E-state index in [1.807, 2.05) is 6.07 Å². The van der Waals surface area contributed by atoms with Crippen LogP contribution < -0.4 is 10.9 Å². The molecule has 3 fully saturated rings. The Hall–Kier alpha value is -1.16.